The average molecular weight is 250 g/mol. The highest BCUT2D eigenvalue weighted by Crippen LogP contribution is 2.15. The standard InChI is InChI=1S/C14H22N2O2/c1-4-14(2,3)18-10-13(17)16-12-8-6-5-7-11(12)9-15/h5-8H,4,9-10,15H2,1-3H3,(H,16,17). The van der Waals surface area contributed by atoms with Crippen LogP contribution in [0.25, 0.3) is 0 Å². The molecule has 1 aromatic carbocycles. The summed E-state index contributed by atoms with van der Waals surface area (Å²) in [5.41, 5.74) is 7.01. The first-order valence-corrected chi connectivity index (χ1v) is 6.20. The van der Waals surface area contributed by atoms with E-state index in [1.165, 1.54) is 0 Å². The van der Waals surface area contributed by atoms with Gasteiger partial charge in [-0.3, -0.25) is 4.79 Å². The number of nitrogens with two attached hydrogens (primary N) is 1. The number of rotatable bonds is 6. The van der Waals surface area contributed by atoms with Crippen molar-refractivity contribution in [3.05, 3.63) is 29.8 Å². The highest BCUT2D eigenvalue weighted by Gasteiger charge is 2.17. The summed E-state index contributed by atoms with van der Waals surface area (Å²) >= 11 is 0. The Labute approximate surface area is 109 Å². The van der Waals surface area contributed by atoms with Gasteiger partial charge in [0.05, 0.1) is 5.60 Å². The number of hydrogen-bond acceptors (Lipinski definition) is 3. The molecule has 0 aliphatic heterocycles. The number of nitrogens with one attached hydrogen (secondary N) is 1. The van der Waals surface area contributed by atoms with E-state index in [1.54, 1.807) is 0 Å². The summed E-state index contributed by atoms with van der Waals surface area (Å²) in [5, 5.41) is 2.81. The first-order chi connectivity index (χ1) is 8.48. The maximum absolute atomic E-state index is 11.8. The minimum Gasteiger partial charge on any atom is -0.366 e. The molecule has 0 fully saturated rings. The van der Waals surface area contributed by atoms with Gasteiger partial charge in [-0.15, -0.1) is 0 Å². The van der Waals surface area contributed by atoms with Gasteiger partial charge < -0.3 is 15.8 Å². The van der Waals surface area contributed by atoms with Crippen molar-refractivity contribution >= 4 is 11.6 Å². The average Bonchev–Trinajstić information content (AvgIpc) is 2.37. The lowest BCUT2D eigenvalue weighted by molar-refractivity contribution is -0.126. The molecule has 0 spiro atoms. The van der Waals surface area contributed by atoms with E-state index in [4.69, 9.17) is 10.5 Å². The minimum absolute atomic E-state index is 0.0553. The third kappa shape index (κ3) is 4.47. The molecule has 0 atom stereocenters. The molecule has 0 heterocycles. The van der Waals surface area contributed by atoms with Crippen LogP contribution in [0, 0.1) is 0 Å². The molecule has 0 unspecified atom stereocenters. The number of carbonyl (C=O) groups is 1. The Bertz CT molecular complexity index is 403. The van der Waals surface area contributed by atoms with E-state index in [2.05, 4.69) is 5.32 Å². The second-order valence-corrected chi connectivity index (χ2v) is 4.81. The van der Waals surface area contributed by atoms with Crippen molar-refractivity contribution < 1.29 is 9.53 Å². The second kappa shape index (κ2) is 6.52. The van der Waals surface area contributed by atoms with Crippen molar-refractivity contribution in [1.82, 2.24) is 0 Å². The van der Waals surface area contributed by atoms with Crippen molar-refractivity contribution in [3.8, 4) is 0 Å². The summed E-state index contributed by atoms with van der Waals surface area (Å²) in [4.78, 5) is 11.8. The zero-order chi connectivity index (χ0) is 13.6. The van der Waals surface area contributed by atoms with Crippen molar-refractivity contribution in [2.24, 2.45) is 5.73 Å². The molecule has 1 amide bonds. The summed E-state index contributed by atoms with van der Waals surface area (Å²) < 4.78 is 5.54. The number of ether oxygens (including phenoxy) is 1. The summed E-state index contributed by atoms with van der Waals surface area (Å²) in [6.45, 7) is 6.42. The minimum atomic E-state index is -0.273. The van der Waals surface area contributed by atoms with E-state index in [0.29, 0.717) is 6.54 Å². The Hall–Kier alpha value is -1.39. The van der Waals surface area contributed by atoms with Crippen LogP contribution in [0.15, 0.2) is 24.3 Å². The molecule has 3 N–H and O–H groups in total. The zero-order valence-corrected chi connectivity index (χ0v) is 11.3. The zero-order valence-electron chi connectivity index (χ0n) is 11.3. The summed E-state index contributed by atoms with van der Waals surface area (Å²) in [7, 11) is 0. The molecule has 0 saturated carbocycles. The van der Waals surface area contributed by atoms with Crippen LogP contribution in [-0.4, -0.2) is 18.1 Å². The number of benzene rings is 1. The molecule has 0 aliphatic carbocycles. The van der Waals surface area contributed by atoms with Crippen molar-refractivity contribution in [1.29, 1.82) is 0 Å². The molecule has 1 rings (SSSR count). The SMILES string of the molecule is CCC(C)(C)OCC(=O)Nc1ccccc1CN. The topological polar surface area (TPSA) is 64.3 Å². The Morgan fingerprint density at radius 3 is 2.67 bits per heavy atom. The van der Waals surface area contributed by atoms with Gasteiger partial charge >= 0.3 is 0 Å². The number of hydrogen-bond donors (Lipinski definition) is 2. The number of para-hydroxylation sites is 1. The van der Waals surface area contributed by atoms with Crippen molar-refractivity contribution in [3.63, 3.8) is 0 Å². The number of carbonyl (C=O) groups excluding carboxylic acids is 1. The fourth-order valence-electron chi connectivity index (χ4n) is 1.37. The van der Waals surface area contributed by atoms with Crippen LogP contribution in [-0.2, 0) is 16.1 Å². The smallest absolute Gasteiger partial charge is 0.250 e. The van der Waals surface area contributed by atoms with Gasteiger partial charge in [0.2, 0.25) is 5.91 Å². The van der Waals surface area contributed by atoms with Crippen LogP contribution in [0.4, 0.5) is 5.69 Å². The lowest BCUT2D eigenvalue weighted by Gasteiger charge is -2.23. The number of anilines is 1. The van der Waals surface area contributed by atoms with Gasteiger partial charge in [-0.05, 0) is 31.9 Å². The highest BCUT2D eigenvalue weighted by molar-refractivity contribution is 5.92. The molecular weight excluding hydrogens is 228 g/mol. The molecule has 100 valence electrons. The van der Waals surface area contributed by atoms with E-state index in [0.717, 1.165) is 17.7 Å². The van der Waals surface area contributed by atoms with Crippen LogP contribution in [0.1, 0.15) is 32.8 Å². The summed E-state index contributed by atoms with van der Waals surface area (Å²) in [5.74, 6) is -0.155. The predicted molar refractivity (Wildman–Crippen MR) is 73.3 cm³/mol. The molecule has 0 saturated heterocycles. The quantitative estimate of drug-likeness (QED) is 0.814. The summed E-state index contributed by atoms with van der Waals surface area (Å²) in [6, 6.07) is 7.50. The van der Waals surface area contributed by atoms with Crippen LogP contribution < -0.4 is 11.1 Å². The maximum atomic E-state index is 11.8. The van der Waals surface area contributed by atoms with Crippen molar-refractivity contribution in [2.45, 2.75) is 39.3 Å². The lowest BCUT2D eigenvalue weighted by atomic mass is 10.1. The van der Waals surface area contributed by atoms with E-state index in [1.807, 2.05) is 45.0 Å². The fraction of sp³-hybridized carbons (Fsp3) is 0.500. The van der Waals surface area contributed by atoms with Gasteiger partial charge in [-0.25, -0.2) is 0 Å². The van der Waals surface area contributed by atoms with Crippen LogP contribution in [0.2, 0.25) is 0 Å². The third-order valence-electron chi connectivity index (χ3n) is 2.96. The van der Waals surface area contributed by atoms with Crippen LogP contribution in [0.3, 0.4) is 0 Å². The fourth-order valence-corrected chi connectivity index (χ4v) is 1.37. The Morgan fingerprint density at radius 1 is 1.39 bits per heavy atom. The molecule has 1 aromatic rings. The molecule has 4 nitrogen and oxygen atoms in total. The molecule has 18 heavy (non-hydrogen) atoms. The van der Waals surface area contributed by atoms with Gasteiger partial charge in [-0.1, -0.05) is 25.1 Å². The molecule has 0 radical (unpaired) electrons. The van der Waals surface area contributed by atoms with E-state index in [-0.39, 0.29) is 18.1 Å². The molecular formula is C14H22N2O2. The van der Waals surface area contributed by atoms with Gasteiger partial charge in [0.15, 0.2) is 0 Å². The lowest BCUT2D eigenvalue weighted by Crippen LogP contribution is -2.29. The maximum Gasteiger partial charge on any atom is 0.250 e. The van der Waals surface area contributed by atoms with Gasteiger partial charge in [0.25, 0.3) is 0 Å². The normalized spacial score (nSPS) is 11.3. The predicted octanol–water partition coefficient (Wildman–Crippen LogP) is 2.29. The number of amides is 1. The molecule has 0 aromatic heterocycles. The monoisotopic (exact) mass is 250 g/mol. The highest BCUT2D eigenvalue weighted by atomic mass is 16.5. The molecule has 0 bridgehead atoms. The molecule has 4 heteroatoms. The van der Waals surface area contributed by atoms with Crippen LogP contribution in [0.5, 0.6) is 0 Å². The van der Waals surface area contributed by atoms with Gasteiger partial charge in [-0.2, -0.15) is 0 Å². The van der Waals surface area contributed by atoms with E-state index in [9.17, 15) is 4.79 Å². The first kappa shape index (κ1) is 14.7. The summed E-state index contributed by atoms with van der Waals surface area (Å²) in [6.07, 6.45) is 0.861. The van der Waals surface area contributed by atoms with Crippen LogP contribution >= 0.6 is 0 Å². The van der Waals surface area contributed by atoms with E-state index < -0.39 is 0 Å². The Morgan fingerprint density at radius 2 is 2.06 bits per heavy atom. The second-order valence-electron chi connectivity index (χ2n) is 4.81. The third-order valence-corrected chi connectivity index (χ3v) is 2.96. The molecule has 0 aliphatic rings. The van der Waals surface area contributed by atoms with Gasteiger partial charge in [0.1, 0.15) is 6.61 Å². The van der Waals surface area contributed by atoms with Gasteiger partial charge in [0, 0.05) is 12.2 Å². The van der Waals surface area contributed by atoms with E-state index >= 15 is 0 Å². The first-order valence-electron chi connectivity index (χ1n) is 6.20. The van der Waals surface area contributed by atoms with Crippen molar-refractivity contribution in [2.75, 3.05) is 11.9 Å². The largest absolute Gasteiger partial charge is 0.366 e. The Balaban J connectivity index is 2.55. The Kier molecular flexibility index (Phi) is 5.31.